The maximum atomic E-state index is 13.0. The minimum atomic E-state index is -0.340. The molecule has 1 aromatic carbocycles. The van der Waals surface area contributed by atoms with E-state index in [1.54, 1.807) is 17.5 Å². The number of halogens is 1. The van der Waals surface area contributed by atoms with Crippen LogP contribution in [0.1, 0.15) is 33.0 Å². The molecule has 1 aliphatic heterocycles. The van der Waals surface area contributed by atoms with Crippen molar-refractivity contribution in [2.24, 2.45) is 0 Å². The molecular formula is C23H23ClN4O2S. The van der Waals surface area contributed by atoms with Gasteiger partial charge in [0.15, 0.2) is 0 Å². The fraction of sp³-hybridized carbons (Fsp3) is 0.348. The Labute approximate surface area is 189 Å². The fourth-order valence-electron chi connectivity index (χ4n) is 4.30. The summed E-state index contributed by atoms with van der Waals surface area (Å²) in [4.78, 5) is 31.9. The van der Waals surface area contributed by atoms with E-state index in [0.29, 0.717) is 37.6 Å². The zero-order valence-electron chi connectivity index (χ0n) is 17.1. The Morgan fingerprint density at radius 2 is 1.77 bits per heavy atom. The first-order chi connectivity index (χ1) is 15.1. The molecule has 3 heterocycles. The standard InChI is InChI=1S/C23H23ClN4O2S/c24-21-18(15-25-28(23(21)30)17-7-2-1-3-8-17)26-10-12-27(13-11-26)22(29)20-14-16-6-4-5-9-19(16)31-20/h1-3,7-8,14-15H,4-6,9-13H2. The van der Waals surface area contributed by atoms with Crippen molar-refractivity contribution >= 4 is 34.5 Å². The average Bonchev–Trinajstić information content (AvgIpc) is 3.25. The summed E-state index contributed by atoms with van der Waals surface area (Å²) >= 11 is 8.10. The molecule has 8 heteroatoms. The van der Waals surface area contributed by atoms with Crippen LogP contribution < -0.4 is 10.5 Å². The van der Waals surface area contributed by atoms with Crippen molar-refractivity contribution < 1.29 is 4.79 Å². The number of anilines is 1. The highest BCUT2D eigenvalue weighted by atomic mass is 35.5. The first-order valence-corrected chi connectivity index (χ1v) is 11.8. The average molecular weight is 455 g/mol. The molecule has 1 fully saturated rings. The first-order valence-electron chi connectivity index (χ1n) is 10.6. The van der Waals surface area contributed by atoms with Crippen LogP contribution in [-0.4, -0.2) is 46.8 Å². The van der Waals surface area contributed by atoms with Crippen molar-refractivity contribution in [3.05, 3.63) is 73.3 Å². The molecule has 0 radical (unpaired) electrons. The molecule has 0 bridgehead atoms. The number of aromatic nitrogens is 2. The van der Waals surface area contributed by atoms with Gasteiger partial charge in [0.05, 0.1) is 22.4 Å². The summed E-state index contributed by atoms with van der Waals surface area (Å²) in [6.07, 6.45) is 6.26. The van der Waals surface area contributed by atoms with Crippen LogP contribution in [0.3, 0.4) is 0 Å². The van der Waals surface area contributed by atoms with Crippen LogP contribution in [0.15, 0.2) is 47.4 Å². The van der Waals surface area contributed by atoms with E-state index in [2.05, 4.69) is 11.2 Å². The van der Waals surface area contributed by atoms with E-state index in [1.165, 1.54) is 28.0 Å². The molecule has 31 heavy (non-hydrogen) atoms. The summed E-state index contributed by atoms with van der Waals surface area (Å²) < 4.78 is 1.31. The van der Waals surface area contributed by atoms with Gasteiger partial charge in [-0.1, -0.05) is 29.8 Å². The summed E-state index contributed by atoms with van der Waals surface area (Å²) in [6.45, 7) is 2.43. The number of para-hydroxylation sites is 1. The highest BCUT2D eigenvalue weighted by Gasteiger charge is 2.27. The molecule has 160 valence electrons. The maximum Gasteiger partial charge on any atom is 0.292 e. The number of thiophene rings is 1. The van der Waals surface area contributed by atoms with Gasteiger partial charge >= 0.3 is 0 Å². The van der Waals surface area contributed by atoms with Gasteiger partial charge < -0.3 is 9.80 Å². The van der Waals surface area contributed by atoms with Crippen LogP contribution in [-0.2, 0) is 12.8 Å². The molecule has 2 aliphatic rings. The molecule has 1 amide bonds. The summed E-state index contributed by atoms with van der Waals surface area (Å²) in [7, 11) is 0. The van der Waals surface area contributed by atoms with E-state index in [-0.39, 0.29) is 16.5 Å². The van der Waals surface area contributed by atoms with Gasteiger partial charge in [0.2, 0.25) is 0 Å². The van der Waals surface area contributed by atoms with Gasteiger partial charge in [-0.15, -0.1) is 11.3 Å². The van der Waals surface area contributed by atoms with Crippen LogP contribution >= 0.6 is 22.9 Å². The Hall–Kier alpha value is -2.64. The zero-order chi connectivity index (χ0) is 21.4. The number of rotatable bonds is 3. The number of hydrogen-bond acceptors (Lipinski definition) is 5. The Kier molecular flexibility index (Phi) is 5.54. The first kappa shape index (κ1) is 20.3. The number of benzene rings is 1. The molecular weight excluding hydrogens is 432 g/mol. The lowest BCUT2D eigenvalue weighted by molar-refractivity contribution is 0.0751. The molecule has 0 spiro atoms. The molecule has 5 rings (SSSR count). The topological polar surface area (TPSA) is 58.4 Å². The Balaban J connectivity index is 1.29. The third kappa shape index (κ3) is 3.88. The van der Waals surface area contributed by atoms with Gasteiger partial charge in [0, 0.05) is 31.1 Å². The van der Waals surface area contributed by atoms with E-state index in [1.807, 2.05) is 40.1 Å². The number of fused-ring (bicyclic) bond motifs is 1. The van der Waals surface area contributed by atoms with Gasteiger partial charge in [0.25, 0.3) is 11.5 Å². The summed E-state index contributed by atoms with van der Waals surface area (Å²) in [5.41, 5.74) is 2.32. The summed E-state index contributed by atoms with van der Waals surface area (Å²) in [6, 6.07) is 11.3. The number of carbonyl (C=O) groups excluding carboxylic acids is 1. The van der Waals surface area contributed by atoms with Crippen LogP contribution in [0.4, 0.5) is 5.69 Å². The third-order valence-electron chi connectivity index (χ3n) is 6.02. The third-order valence-corrected chi connectivity index (χ3v) is 7.60. The van der Waals surface area contributed by atoms with E-state index in [9.17, 15) is 9.59 Å². The molecule has 0 unspecified atom stereocenters. The molecule has 3 aromatic rings. The van der Waals surface area contributed by atoms with Gasteiger partial charge in [-0.25, -0.2) is 0 Å². The second-order valence-electron chi connectivity index (χ2n) is 7.94. The SMILES string of the molecule is O=C(c1cc2c(s1)CCCC2)N1CCN(c2cnn(-c3ccccc3)c(=O)c2Cl)CC1. The zero-order valence-corrected chi connectivity index (χ0v) is 18.7. The molecule has 0 atom stereocenters. The molecule has 0 saturated carbocycles. The van der Waals surface area contributed by atoms with Crippen molar-refractivity contribution in [3.8, 4) is 5.69 Å². The molecule has 1 saturated heterocycles. The molecule has 6 nitrogen and oxygen atoms in total. The monoisotopic (exact) mass is 454 g/mol. The predicted octanol–water partition coefficient (Wildman–Crippen LogP) is 3.79. The van der Waals surface area contributed by atoms with Crippen LogP contribution in [0.25, 0.3) is 5.69 Å². The van der Waals surface area contributed by atoms with Gasteiger partial charge in [0.1, 0.15) is 5.02 Å². The largest absolute Gasteiger partial charge is 0.365 e. The van der Waals surface area contributed by atoms with Crippen LogP contribution in [0.5, 0.6) is 0 Å². The fourth-order valence-corrected chi connectivity index (χ4v) is 5.77. The number of aryl methyl sites for hydroxylation is 2. The molecule has 0 N–H and O–H groups in total. The lowest BCUT2D eigenvalue weighted by Crippen LogP contribution is -2.49. The van der Waals surface area contributed by atoms with Crippen molar-refractivity contribution in [3.63, 3.8) is 0 Å². The number of piperazine rings is 1. The van der Waals surface area contributed by atoms with Gasteiger partial charge in [-0.05, 0) is 49.4 Å². The number of nitrogens with zero attached hydrogens (tertiary/aromatic N) is 4. The van der Waals surface area contributed by atoms with Gasteiger partial charge in [-0.2, -0.15) is 9.78 Å². The second-order valence-corrected chi connectivity index (χ2v) is 9.46. The quantitative estimate of drug-likeness (QED) is 0.604. The maximum absolute atomic E-state index is 13.0. The Morgan fingerprint density at radius 1 is 1.03 bits per heavy atom. The van der Waals surface area contributed by atoms with E-state index in [0.717, 1.165) is 17.7 Å². The lowest BCUT2D eigenvalue weighted by Gasteiger charge is -2.36. The van der Waals surface area contributed by atoms with Crippen LogP contribution in [0.2, 0.25) is 5.02 Å². The predicted molar refractivity (Wildman–Crippen MR) is 124 cm³/mol. The number of hydrogen-bond donors (Lipinski definition) is 0. The van der Waals surface area contributed by atoms with Crippen molar-refractivity contribution in [1.29, 1.82) is 0 Å². The number of amides is 1. The van der Waals surface area contributed by atoms with Crippen molar-refractivity contribution in [2.45, 2.75) is 25.7 Å². The van der Waals surface area contributed by atoms with Crippen LogP contribution in [0, 0.1) is 0 Å². The van der Waals surface area contributed by atoms with E-state index >= 15 is 0 Å². The van der Waals surface area contributed by atoms with E-state index < -0.39 is 0 Å². The van der Waals surface area contributed by atoms with Crippen molar-refractivity contribution in [1.82, 2.24) is 14.7 Å². The number of carbonyl (C=O) groups is 1. The second kappa shape index (κ2) is 8.48. The highest BCUT2D eigenvalue weighted by molar-refractivity contribution is 7.14. The Morgan fingerprint density at radius 3 is 2.52 bits per heavy atom. The van der Waals surface area contributed by atoms with Crippen molar-refractivity contribution in [2.75, 3.05) is 31.1 Å². The molecule has 1 aliphatic carbocycles. The summed E-state index contributed by atoms with van der Waals surface area (Å²) in [5, 5.41) is 4.48. The minimum absolute atomic E-state index is 0.114. The van der Waals surface area contributed by atoms with E-state index in [4.69, 9.17) is 11.6 Å². The Bertz CT molecular complexity index is 1140. The normalized spacial score (nSPS) is 16.3. The smallest absolute Gasteiger partial charge is 0.292 e. The minimum Gasteiger partial charge on any atom is -0.365 e. The lowest BCUT2D eigenvalue weighted by atomic mass is 9.99. The highest BCUT2D eigenvalue weighted by Crippen LogP contribution is 2.31. The molecule has 2 aromatic heterocycles. The summed E-state index contributed by atoms with van der Waals surface area (Å²) in [5.74, 6) is 0.114. The van der Waals surface area contributed by atoms with Gasteiger partial charge in [-0.3, -0.25) is 9.59 Å².